The summed E-state index contributed by atoms with van der Waals surface area (Å²) in [6.07, 6.45) is -1.26. The van der Waals surface area contributed by atoms with E-state index in [-0.39, 0.29) is 19.6 Å². The second-order valence-electron chi connectivity index (χ2n) is 2.52. The van der Waals surface area contributed by atoms with Crippen LogP contribution in [0.1, 0.15) is 0 Å². The van der Waals surface area contributed by atoms with Gasteiger partial charge in [0.1, 0.15) is 0 Å². The lowest BCUT2D eigenvalue weighted by molar-refractivity contribution is -0.124. The minimum atomic E-state index is -3.73. The number of nitrogens with zero attached hydrogens (tertiary/aromatic N) is 1. The second-order valence-corrected chi connectivity index (χ2v) is 4.20. The molecule has 0 saturated carbocycles. The van der Waals surface area contributed by atoms with Crippen LogP contribution in [-0.2, 0) is 15.0 Å². The predicted molar refractivity (Wildman–Crippen MR) is 44.7 cm³/mol. The van der Waals surface area contributed by atoms with Crippen molar-refractivity contribution in [3.63, 3.8) is 0 Å². The lowest BCUT2D eigenvalue weighted by Crippen LogP contribution is -2.38. The van der Waals surface area contributed by atoms with Gasteiger partial charge < -0.3 is 10.4 Å². The van der Waals surface area contributed by atoms with Crippen molar-refractivity contribution >= 4 is 22.2 Å². The van der Waals surface area contributed by atoms with E-state index in [2.05, 4.69) is 0 Å². The molecule has 1 heterocycles. The molecule has 0 radical (unpaired) electrons. The maximum Gasteiger partial charge on any atom is 0.404 e. The van der Waals surface area contributed by atoms with Gasteiger partial charge in [-0.05, 0) is 0 Å². The zero-order valence-electron chi connectivity index (χ0n) is 7.06. The number of nitrogens with one attached hydrogen (secondary N) is 2. The Morgan fingerprint density at radius 2 is 2.29 bits per heavy atom. The molecule has 0 aromatic rings. The molecule has 2 amide bonds. The van der Waals surface area contributed by atoms with Crippen molar-refractivity contribution in [2.75, 3.05) is 19.6 Å². The molecule has 80 valence electrons. The summed E-state index contributed by atoms with van der Waals surface area (Å²) in [5, 5.41) is 10.2. The molecule has 3 N–H and O–H groups in total. The van der Waals surface area contributed by atoms with E-state index in [1.807, 2.05) is 10.0 Å². The number of carbonyl (C=O) groups is 2. The Kier molecular flexibility index (Phi) is 2.91. The van der Waals surface area contributed by atoms with E-state index >= 15 is 0 Å². The van der Waals surface area contributed by atoms with Crippen LogP contribution in [0.3, 0.4) is 0 Å². The third-order valence-corrected chi connectivity index (χ3v) is 3.04. The highest BCUT2D eigenvalue weighted by molar-refractivity contribution is 7.88. The van der Waals surface area contributed by atoms with Crippen LogP contribution in [0, 0.1) is 0 Å². The fourth-order valence-electron chi connectivity index (χ4n) is 0.962. The fraction of sp³-hybridized carbons (Fsp3) is 0.600. The first-order valence-electron chi connectivity index (χ1n) is 3.70. The van der Waals surface area contributed by atoms with Crippen LogP contribution in [0.15, 0.2) is 0 Å². The third-order valence-electron chi connectivity index (χ3n) is 1.57. The molecule has 1 aliphatic heterocycles. The van der Waals surface area contributed by atoms with Crippen molar-refractivity contribution in [2.24, 2.45) is 0 Å². The van der Waals surface area contributed by atoms with Crippen molar-refractivity contribution in [1.29, 1.82) is 0 Å². The second kappa shape index (κ2) is 3.80. The van der Waals surface area contributed by atoms with Crippen molar-refractivity contribution in [2.45, 2.75) is 0 Å². The summed E-state index contributed by atoms with van der Waals surface area (Å²) in [5.41, 5.74) is 0. The number of carboxylic acid groups (broad SMARTS) is 1. The normalized spacial score (nSPS) is 19.7. The molecule has 0 aromatic heterocycles. The first kappa shape index (κ1) is 10.7. The lowest BCUT2D eigenvalue weighted by Gasteiger charge is -2.12. The molecular weight excluding hydrogens is 214 g/mol. The van der Waals surface area contributed by atoms with E-state index in [1.165, 1.54) is 0 Å². The van der Waals surface area contributed by atoms with Gasteiger partial charge in [0, 0.05) is 6.54 Å². The van der Waals surface area contributed by atoms with Gasteiger partial charge in [0.2, 0.25) is 0 Å². The van der Waals surface area contributed by atoms with Crippen molar-refractivity contribution in [3.05, 3.63) is 0 Å². The molecule has 9 heteroatoms. The van der Waals surface area contributed by atoms with E-state index in [9.17, 15) is 18.0 Å². The fourth-order valence-corrected chi connectivity index (χ4v) is 2.09. The summed E-state index contributed by atoms with van der Waals surface area (Å²) in [7, 11) is -3.73. The van der Waals surface area contributed by atoms with E-state index in [0.29, 0.717) is 4.31 Å². The minimum Gasteiger partial charge on any atom is -0.465 e. The minimum absolute atomic E-state index is 0.123. The Morgan fingerprint density at radius 1 is 1.64 bits per heavy atom. The predicted octanol–water partition coefficient (Wildman–Crippen LogP) is -2.07. The third kappa shape index (κ3) is 2.33. The molecule has 0 bridgehead atoms. The monoisotopic (exact) mass is 223 g/mol. The Bertz CT molecular complexity index is 350. The number of amides is 2. The van der Waals surface area contributed by atoms with E-state index in [4.69, 9.17) is 5.11 Å². The smallest absolute Gasteiger partial charge is 0.404 e. The zero-order valence-corrected chi connectivity index (χ0v) is 7.87. The van der Waals surface area contributed by atoms with Gasteiger partial charge in [-0.3, -0.25) is 4.79 Å². The summed E-state index contributed by atoms with van der Waals surface area (Å²) in [6.45, 7) is -0.585. The molecule has 1 saturated heterocycles. The SMILES string of the molecule is O=C(O)NCCN1C(=O)CNS1(=O)=O. The van der Waals surface area contributed by atoms with Crippen LogP contribution < -0.4 is 10.0 Å². The van der Waals surface area contributed by atoms with Crippen molar-refractivity contribution in [1.82, 2.24) is 14.3 Å². The van der Waals surface area contributed by atoms with Gasteiger partial charge in [-0.15, -0.1) is 0 Å². The quantitative estimate of drug-likeness (QED) is 0.508. The number of hydrogen-bond donors (Lipinski definition) is 3. The molecule has 0 aliphatic carbocycles. The lowest BCUT2D eigenvalue weighted by atomic mass is 10.5. The van der Waals surface area contributed by atoms with Crippen LogP contribution in [-0.4, -0.2) is 49.5 Å². The summed E-state index contributed by atoms with van der Waals surface area (Å²) in [5.74, 6) is -0.586. The Balaban J connectivity index is 2.51. The first-order valence-corrected chi connectivity index (χ1v) is 5.14. The van der Waals surface area contributed by atoms with Crippen LogP contribution in [0.5, 0.6) is 0 Å². The molecule has 0 aromatic carbocycles. The maximum atomic E-state index is 11.1. The molecule has 0 unspecified atom stereocenters. The van der Waals surface area contributed by atoms with Gasteiger partial charge in [0.15, 0.2) is 0 Å². The molecule has 14 heavy (non-hydrogen) atoms. The molecule has 1 fully saturated rings. The summed E-state index contributed by atoms with van der Waals surface area (Å²) < 4.78 is 24.7. The molecule has 1 aliphatic rings. The molecule has 0 spiro atoms. The van der Waals surface area contributed by atoms with E-state index < -0.39 is 22.2 Å². The summed E-state index contributed by atoms with van der Waals surface area (Å²) >= 11 is 0. The highest BCUT2D eigenvalue weighted by Crippen LogP contribution is 2.04. The van der Waals surface area contributed by atoms with Crippen molar-refractivity contribution < 1.29 is 23.1 Å². The van der Waals surface area contributed by atoms with Gasteiger partial charge in [-0.1, -0.05) is 0 Å². The average molecular weight is 223 g/mol. The Hall–Kier alpha value is -1.35. The van der Waals surface area contributed by atoms with E-state index in [1.54, 1.807) is 0 Å². The standard InChI is InChI=1S/C5H9N3O5S/c9-4-3-7-14(12,13)8(4)2-1-6-5(10)11/h6-7H,1-3H2,(H,10,11). The van der Waals surface area contributed by atoms with Crippen LogP contribution >= 0.6 is 0 Å². The highest BCUT2D eigenvalue weighted by Gasteiger charge is 2.33. The number of rotatable bonds is 3. The van der Waals surface area contributed by atoms with Gasteiger partial charge in [-0.25, -0.2) is 9.10 Å². The zero-order chi connectivity index (χ0) is 10.8. The molecule has 8 nitrogen and oxygen atoms in total. The van der Waals surface area contributed by atoms with Gasteiger partial charge in [0.05, 0.1) is 13.1 Å². The van der Waals surface area contributed by atoms with E-state index in [0.717, 1.165) is 0 Å². The number of hydrogen-bond acceptors (Lipinski definition) is 4. The maximum absolute atomic E-state index is 11.1. The largest absolute Gasteiger partial charge is 0.465 e. The van der Waals surface area contributed by atoms with Gasteiger partial charge in [-0.2, -0.15) is 13.1 Å². The Morgan fingerprint density at radius 3 is 2.71 bits per heavy atom. The van der Waals surface area contributed by atoms with Crippen LogP contribution in [0.25, 0.3) is 0 Å². The van der Waals surface area contributed by atoms with Crippen molar-refractivity contribution in [3.8, 4) is 0 Å². The topological polar surface area (TPSA) is 116 Å². The van der Waals surface area contributed by atoms with Crippen LogP contribution in [0.4, 0.5) is 4.79 Å². The van der Waals surface area contributed by atoms with Gasteiger partial charge in [0.25, 0.3) is 5.91 Å². The first-order chi connectivity index (χ1) is 6.43. The molecule has 1 rings (SSSR count). The Labute approximate surface area is 80.1 Å². The van der Waals surface area contributed by atoms with Gasteiger partial charge >= 0.3 is 16.3 Å². The van der Waals surface area contributed by atoms with Crippen LogP contribution in [0.2, 0.25) is 0 Å². The number of carbonyl (C=O) groups excluding carboxylic acids is 1. The summed E-state index contributed by atoms with van der Waals surface area (Å²) in [4.78, 5) is 21.0. The molecular formula is C5H9N3O5S. The summed E-state index contributed by atoms with van der Waals surface area (Å²) in [6, 6.07) is 0. The molecule has 0 atom stereocenters. The average Bonchev–Trinajstić information content (AvgIpc) is 2.30. The highest BCUT2D eigenvalue weighted by atomic mass is 32.2.